The number of carbonyl (C=O) groups is 2. The van der Waals surface area contributed by atoms with E-state index >= 15 is 0 Å². The number of hydrogen-bond donors (Lipinski definition) is 3. The van der Waals surface area contributed by atoms with E-state index in [1.165, 1.54) is 6.07 Å². The number of nitrogens with zero attached hydrogens (tertiary/aromatic N) is 1. The summed E-state index contributed by atoms with van der Waals surface area (Å²) in [6.07, 6.45) is 3.14. The Hall–Kier alpha value is -2.87. The van der Waals surface area contributed by atoms with E-state index in [2.05, 4.69) is 10.6 Å². The highest BCUT2D eigenvalue weighted by Gasteiger charge is 2.15. The van der Waals surface area contributed by atoms with Crippen molar-refractivity contribution in [2.24, 2.45) is 0 Å². The van der Waals surface area contributed by atoms with E-state index in [4.69, 9.17) is 9.84 Å². The van der Waals surface area contributed by atoms with E-state index in [0.717, 1.165) is 36.6 Å². The van der Waals surface area contributed by atoms with Gasteiger partial charge in [-0.2, -0.15) is 0 Å². The van der Waals surface area contributed by atoms with Crippen molar-refractivity contribution in [1.82, 2.24) is 15.2 Å². The second-order valence-corrected chi connectivity index (χ2v) is 8.42. The van der Waals surface area contributed by atoms with Gasteiger partial charge in [0.2, 0.25) is 0 Å². The molecule has 0 saturated carbocycles. The highest BCUT2D eigenvalue weighted by atomic mass is 16.6. The first-order valence-electron chi connectivity index (χ1n) is 10.7. The van der Waals surface area contributed by atoms with E-state index in [1.807, 2.05) is 20.8 Å². The van der Waals surface area contributed by atoms with Crippen LogP contribution in [0.15, 0.2) is 35.1 Å². The predicted molar refractivity (Wildman–Crippen MR) is 120 cm³/mol. The van der Waals surface area contributed by atoms with Crippen LogP contribution >= 0.6 is 0 Å². The number of aliphatic hydroxyl groups excluding tert-OH is 1. The van der Waals surface area contributed by atoms with Gasteiger partial charge in [-0.25, -0.2) is 4.79 Å². The first-order chi connectivity index (χ1) is 14.7. The zero-order chi connectivity index (χ0) is 22.9. The zero-order valence-electron chi connectivity index (χ0n) is 18.6. The Morgan fingerprint density at radius 1 is 1.00 bits per heavy atom. The molecule has 0 spiro atoms. The number of fused-ring (bicyclic) bond motifs is 1. The summed E-state index contributed by atoms with van der Waals surface area (Å²) in [5.41, 5.74) is 0.706. The largest absolute Gasteiger partial charge is 0.444 e. The predicted octanol–water partition coefficient (Wildman–Crippen LogP) is 2.81. The van der Waals surface area contributed by atoms with Crippen LogP contribution in [0.4, 0.5) is 4.79 Å². The topological polar surface area (TPSA) is 110 Å². The maximum Gasteiger partial charge on any atom is 0.407 e. The van der Waals surface area contributed by atoms with Crippen LogP contribution in [-0.4, -0.2) is 47.0 Å². The Balaban J connectivity index is 1.85. The lowest BCUT2D eigenvalue weighted by atomic mass is 10.1. The van der Waals surface area contributed by atoms with Crippen LogP contribution in [0.5, 0.6) is 0 Å². The normalized spacial score (nSPS) is 11.4. The second kappa shape index (κ2) is 11.5. The lowest BCUT2D eigenvalue weighted by molar-refractivity contribution is 0.0526. The van der Waals surface area contributed by atoms with E-state index in [0.29, 0.717) is 18.7 Å². The monoisotopic (exact) mass is 431 g/mol. The smallest absolute Gasteiger partial charge is 0.407 e. The summed E-state index contributed by atoms with van der Waals surface area (Å²) in [6.45, 7) is 6.72. The summed E-state index contributed by atoms with van der Waals surface area (Å²) >= 11 is 0. The molecule has 2 amide bonds. The molecule has 3 N–H and O–H groups in total. The number of aromatic nitrogens is 1. The van der Waals surface area contributed by atoms with Crippen molar-refractivity contribution < 1.29 is 19.4 Å². The molecular weight excluding hydrogens is 398 g/mol. The third-order valence-electron chi connectivity index (χ3n) is 4.63. The van der Waals surface area contributed by atoms with Crippen LogP contribution < -0.4 is 16.2 Å². The summed E-state index contributed by atoms with van der Waals surface area (Å²) in [4.78, 5) is 36.0. The highest BCUT2D eigenvalue weighted by Crippen LogP contribution is 2.16. The van der Waals surface area contributed by atoms with E-state index < -0.39 is 11.7 Å². The SMILES string of the molecule is CC(C)(C)OC(=O)NCCCCCCn1c(=O)ccc2cc(C(=O)NCCO)ccc21. The van der Waals surface area contributed by atoms with Gasteiger partial charge in [-0.15, -0.1) is 0 Å². The van der Waals surface area contributed by atoms with Crippen molar-refractivity contribution in [1.29, 1.82) is 0 Å². The van der Waals surface area contributed by atoms with Gasteiger partial charge < -0.3 is 25.0 Å². The van der Waals surface area contributed by atoms with Crippen molar-refractivity contribution in [3.05, 3.63) is 46.2 Å². The quantitative estimate of drug-likeness (QED) is 0.501. The summed E-state index contributed by atoms with van der Waals surface area (Å²) in [6, 6.07) is 8.46. The first kappa shape index (κ1) is 24.4. The van der Waals surface area contributed by atoms with Gasteiger partial charge in [0, 0.05) is 31.3 Å². The summed E-state index contributed by atoms with van der Waals surface area (Å²) in [5.74, 6) is -0.256. The molecule has 0 fully saturated rings. The number of benzene rings is 1. The molecule has 2 aromatic rings. The molecule has 0 aliphatic heterocycles. The molecule has 1 aromatic heterocycles. The first-order valence-corrected chi connectivity index (χ1v) is 10.7. The third-order valence-corrected chi connectivity index (χ3v) is 4.63. The molecule has 0 atom stereocenters. The lowest BCUT2D eigenvalue weighted by Gasteiger charge is -2.19. The minimum atomic E-state index is -0.500. The number of aryl methyl sites for hydroxylation is 1. The zero-order valence-corrected chi connectivity index (χ0v) is 18.6. The number of ether oxygens (including phenoxy) is 1. The summed E-state index contributed by atoms with van der Waals surface area (Å²) in [7, 11) is 0. The molecule has 1 heterocycles. The van der Waals surface area contributed by atoms with Gasteiger partial charge in [-0.3, -0.25) is 9.59 Å². The highest BCUT2D eigenvalue weighted by molar-refractivity contribution is 5.98. The molecule has 2 rings (SSSR count). The molecule has 8 nitrogen and oxygen atoms in total. The number of aliphatic hydroxyl groups is 1. The fourth-order valence-corrected chi connectivity index (χ4v) is 3.20. The summed E-state index contributed by atoms with van der Waals surface area (Å²) < 4.78 is 6.92. The van der Waals surface area contributed by atoms with Gasteiger partial charge in [0.1, 0.15) is 5.60 Å². The number of hydrogen-bond acceptors (Lipinski definition) is 5. The molecule has 0 radical (unpaired) electrons. The Kier molecular flexibility index (Phi) is 9.05. The molecule has 0 aliphatic carbocycles. The number of unbranched alkanes of at least 4 members (excludes halogenated alkanes) is 3. The van der Waals surface area contributed by atoms with Crippen molar-refractivity contribution in [2.45, 2.75) is 58.6 Å². The molecular formula is C23H33N3O5. The van der Waals surface area contributed by atoms with Crippen molar-refractivity contribution in [3.8, 4) is 0 Å². The van der Waals surface area contributed by atoms with Crippen LogP contribution in [0.2, 0.25) is 0 Å². The molecule has 0 saturated heterocycles. The van der Waals surface area contributed by atoms with E-state index in [-0.39, 0.29) is 24.6 Å². The molecule has 31 heavy (non-hydrogen) atoms. The number of amides is 2. The van der Waals surface area contributed by atoms with E-state index in [9.17, 15) is 14.4 Å². The maximum atomic E-state index is 12.3. The lowest BCUT2D eigenvalue weighted by Crippen LogP contribution is -2.32. The van der Waals surface area contributed by atoms with Gasteiger partial charge in [0.05, 0.1) is 12.1 Å². The average Bonchev–Trinajstić information content (AvgIpc) is 2.70. The number of alkyl carbamates (subject to hydrolysis) is 1. The fourth-order valence-electron chi connectivity index (χ4n) is 3.20. The third kappa shape index (κ3) is 8.05. The Morgan fingerprint density at radius 2 is 1.74 bits per heavy atom. The number of pyridine rings is 1. The van der Waals surface area contributed by atoms with Crippen molar-refractivity contribution in [3.63, 3.8) is 0 Å². The van der Waals surface area contributed by atoms with Gasteiger partial charge >= 0.3 is 6.09 Å². The van der Waals surface area contributed by atoms with Gasteiger partial charge in [-0.05, 0) is 63.3 Å². The van der Waals surface area contributed by atoms with Crippen LogP contribution in [-0.2, 0) is 11.3 Å². The molecule has 1 aromatic carbocycles. The van der Waals surface area contributed by atoms with Crippen LogP contribution in [0.3, 0.4) is 0 Å². The molecule has 170 valence electrons. The molecule has 0 unspecified atom stereocenters. The molecule has 8 heteroatoms. The fraction of sp³-hybridized carbons (Fsp3) is 0.522. The van der Waals surface area contributed by atoms with Crippen molar-refractivity contribution >= 4 is 22.9 Å². The molecule has 0 aliphatic rings. The molecule has 0 bridgehead atoms. The number of nitrogens with one attached hydrogen (secondary N) is 2. The van der Waals surface area contributed by atoms with Crippen LogP contribution in [0, 0.1) is 0 Å². The second-order valence-electron chi connectivity index (χ2n) is 8.42. The van der Waals surface area contributed by atoms with Gasteiger partial charge in [-0.1, -0.05) is 12.8 Å². The number of carbonyl (C=O) groups excluding carboxylic acids is 2. The van der Waals surface area contributed by atoms with Gasteiger partial charge in [0.15, 0.2) is 0 Å². The maximum absolute atomic E-state index is 12.3. The Bertz CT molecular complexity index is 946. The minimum Gasteiger partial charge on any atom is -0.444 e. The Labute approximate surface area is 182 Å². The van der Waals surface area contributed by atoms with Crippen molar-refractivity contribution in [2.75, 3.05) is 19.7 Å². The van der Waals surface area contributed by atoms with Crippen LogP contribution in [0.25, 0.3) is 10.9 Å². The number of rotatable bonds is 10. The average molecular weight is 432 g/mol. The summed E-state index contributed by atoms with van der Waals surface area (Å²) in [5, 5.41) is 15.0. The van der Waals surface area contributed by atoms with Crippen LogP contribution in [0.1, 0.15) is 56.8 Å². The van der Waals surface area contributed by atoms with Gasteiger partial charge in [0.25, 0.3) is 11.5 Å². The Morgan fingerprint density at radius 3 is 2.45 bits per heavy atom. The van der Waals surface area contributed by atoms with E-state index in [1.54, 1.807) is 28.8 Å². The minimum absolute atomic E-state index is 0.0726. The standard InChI is InChI=1S/C23H33N3O5/c1-23(2,3)31-22(30)25-12-6-4-5-7-14-26-19-10-8-18(21(29)24-13-15-27)16-17(19)9-11-20(26)28/h8-11,16,27H,4-7,12-15H2,1-3H3,(H,24,29)(H,25,30).